The standard InChI is InChI=1S/C21H29N5O/c1-8-11-17-19(16-13-22-18(26(5)6)12-14(16)4)25-21(27-7)20(24-17)23-15(9-2)10-3/h1,12-13,15H,9-11H2,2-7H3,(H,23,24). The summed E-state index contributed by atoms with van der Waals surface area (Å²) in [6.45, 7) is 6.31. The summed E-state index contributed by atoms with van der Waals surface area (Å²) in [4.78, 5) is 16.0. The average Bonchev–Trinajstić information content (AvgIpc) is 2.66. The van der Waals surface area contributed by atoms with Gasteiger partial charge in [0, 0.05) is 31.9 Å². The van der Waals surface area contributed by atoms with E-state index in [2.05, 4.69) is 30.1 Å². The number of ether oxygens (including phenoxy) is 1. The highest BCUT2D eigenvalue weighted by molar-refractivity contribution is 5.69. The number of anilines is 2. The van der Waals surface area contributed by atoms with E-state index in [4.69, 9.17) is 21.1 Å². The number of nitrogens with one attached hydrogen (secondary N) is 1. The molecular weight excluding hydrogens is 338 g/mol. The van der Waals surface area contributed by atoms with Crippen LogP contribution in [0.4, 0.5) is 11.6 Å². The maximum atomic E-state index is 5.59. The summed E-state index contributed by atoms with van der Waals surface area (Å²) in [5.74, 6) is 4.68. The molecule has 0 aliphatic carbocycles. The molecular formula is C21H29N5O. The maximum Gasteiger partial charge on any atom is 0.257 e. The van der Waals surface area contributed by atoms with Crippen LogP contribution in [-0.2, 0) is 6.42 Å². The first-order valence-electron chi connectivity index (χ1n) is 9.24. The first kappa shape index (κ1) is 20.5. The third-order valence-corrected chi connectivity index (χ3v) is 4.54. The van der Waals surface area contributed by atoms with Gasteiger partial charge in [-0.15, -0.1) is 12.3 Å². The molecule has 6 nitrogen and oxygen atoms in total. The highest BCUT2D eigenvalue weighted by Gasteiger charge is 2.19. The lowest BCUT2D eigenvalue weighted by Gasteiger charge is -2.19. The van der Waals surface area contributed by atoms with E-state index >= 15 is 0 Å². The van der Waals surface area contributed by atoms with Gasteiger partial charge in [0.1, 0.15) is 5.82 Å². The fourth-order valence-electron chi connectivity index (χ4n) is 2.85. The van der Waals surface area contributed by atoms with Crippen LogP contribution in [0.5, 0.6) is 5.88 Å². The normalized spacial score (nSPS) is 10.6. The summed E-state index contributed by atoms with van der Waals surface area (Å²) in [5.41, 5.74) is 3.43. The molecule has 2 rings (SSSR count). The van der Waals surface area contributed by atoms with E-state index in [1.165, 1.54) is 0 Å². The van der Waals surface area contributed by atoms with Crippen molar-refractivity contribution in [2.45, 2.75) is 46.1 Å². The molecule has 0 atom stereocenters. The van der Waals surface area contributed by atoms with Gasteiger partial charge >= 0.3 is 0 Å². The van der Waals surface area contributed by atoms with Crippen molar-refractivity contribution in [3.63, 3.8) is 0 Å². The summed E-state index contributed by atoms with van der Waals surface area (Å²) >= 11 is 0. The number of hydrogen-bond donors (Lipinski definition) is 1. The Morgan fingerprint density at radius 3 is 2.48 bits per heavy atom. The van der Waals surface area contributed by atoms with Crippen LogP contribution in [0.25, 0.3) is 11.3 Å². The van der Waals surface area contributed by atoms with Gasteiger partial charge in [-0.05, 0) is 31.4 Å². The van der Waals surface area contributed by atoms with Crippen LogP contribution in [0.1, 0.15) is 37.9 Å². The highest BCUT2D eigenvalue weighted by Crippen LogP contribution is 2.31. The Kier molecular flexibility index (Phi) is 7.00. The molecule has 0 unspecified atom stereocenters. The van der Waals surface area contributed by atoms with Gasteiger partial charge in [0.2, 0.25) is 0 Å². The Hall–Kier alpha value is -2.81. The van der Waals surface area contributed by atoms with Crippen molar-refractivity contribution in [3.05, 3.63) is 23.5 Å². The molecule has 0 amide bonds. The fraction of sp³-hybridized carbons (Fsp3) is 0.476. The summed E-state index contributed by atoms with van der Waals surface area (Å²) in [6.07, 6.45) is 9.78. The Morgan fingerprint density at radius 1 is 1.26 bits per heavy atom. The zero-order valence-electron chi connectivity index (χ0n) is 17.1. The van der Waals surface area contributed by atoms with Crippen LogP contribution >= 0.6 is 0 Å². The van der Waals surface area contributed by atoms with E-state index in [9.17, 15) is 0 Å². The minimum absolute atomic E-state index is 0.306. The van der Waals surface area contributed by atoms with Gasteiger partial charge in [0.15, 0.2) is 5.82 Å². The first-order valence-corrected chi connectivity index (χ1v) is 9.24. The second-order valence-electron chi connectivity index (χ2n) is 6.67. The molecule has 2 heterocycles. The van der Waals surface area contributed by atoms with Gasteiger partial charge < -0.3 is 15.0 Å². The molecule has 0 saturated carbocycles. The van der Waals surface area contributed by atoms with Crippen LogP contribution in [0.2, 0.25) is 0 Å². The number of methoxy groups -OCH3 is 1. The molecule has 27 heavy (non-hydrogen) atoms. The smallest absolute Gasteiger partial charge is 0.257 e. The number of hydrogen-bond acceptors (Lipinski definition) is 6. The van der Waals surface area contributed by atoms with Gasteiger partial charge in [-0.25, -0.2) is 15.0 Å². The van der Waals surface area contributed by atoms with Crippen molar-refractivity contribution in [1.82, 2.24) is 15.0 Å². The van der Waals surface area contributed by atoms with E-state index in [1.54, 1.807) is 7.11 Å². The van der Waals surface area contributed by atoms with Crippen molar-refractivity contribution in [2.75, 3.05) is 31.4 Å². The van der Waals surface area contributed by atoms with Crippen LogP contribution in [-0.4, -0.2) is 42.2 Å². The number of nitrogens with zero attached hydrogens (tertiary/aromatic N) is 4. The predicted octanol–water partition coefficient (Wildman–Crippen LogP) is 3.70. The minimum Gasteiger partial charge on any atom is -0.478 e. The molecule has 0 fully saturated rings. The predicted molar refractivity (Wildman–Crippen MR) is 111 cm³/mol. The third kappa shape index (κ3) is 4.68. The molecule has 0 aliphatic heterocycles. The van der Waals surface area contributed by atoms with E-state index in [0.29, 0.717) is 24.2 Å². The lowest BCUT2D eigenvalue weighted by molar-refractivity contribution is 0.397. The number of terminal acetylenes is 1. The number of rotatable bonds is 8. The second-order valence-corrected chi connectivity index (χ2v) is 6.67. The van der Waals surface area contributed by atoms with E-state index in [1.807, 2.05) is 38.2 Å². The maximum absolute atomic E-state index is 5.59. The van der Waals surface area contributed by atoms with Gasteiger partial charge in [0.05, 0.1) is 24.9 Å². The van der Waals surface area contributed by atoms with E-state index < -0.39 is 0 Å². The Labute approximate surface area is 162 Å². The van der Waals surface area contributed by atoms with Gasteiger partial charge in [-0.2, -0.15) is 0 Å². The van der Waals surface area contributed by atoms with Crippen LogP contribution in [0.15, 0.2) is 12.3 Å². The van der Waals surface area contributed by atoms with E-state index in [0.717, 1.165) is 41.2 Å². The van der Waals surface area contributed by atoms with Crippen molar-refractivity contribution in [1.29, 1.82) is 0 Å². The Bertz CT molecular complexity index is 822. The molecule has 0 aromatic carbocycles. The van der Waals surface area contributed by atoms with Gasteiger partial charge in [-0.3, -0.25) is 0 Å². The quantitative estimate of drug-likeness (QED) is 0.718. The van der Waals surface area contributed by atoms with Crippen LogP contribution < -0.4 is 15.0 Å². The minimum atomic E-state index is 0.306. The van der Waals surface area contributed by atoms with Gasteiger partial charge in [-0.1, -0.05) is 13.8 Å². The molecule has 0 bridgehead atoms. The third-order valence-electron chi connectivity index (χ3n) is 4.54. The van der Waals surface area contributed by atoms with E-state index in [-0.39, 0.29) is 0 Å². The Morgan fingerprint density at radius 2 is 1.96 bits per heavy atom. The zero-order chi connectivity index (χ0) is 20.0. The first-order chi connectivity index (χ1) is 12.9. The topological polar surface area (TPSA) is 63.2 Å². The molecule has 0 spiro atoms. The molecule has 2 aromatic heterocycles. The zero-order valence-corrected chi connectivity index (χ0v) is 17.1. The molecule has 2 aromatic rings. The average molecular weight is 367 g/mol. The SMILES string of the molecule is C#CCc1nc(NC(CC)CC)c(OC)nc1-c1cnc(N(C)C)cc1C. The number of aryl methyl sites for hydroxylation is 1. The van der Waals surface area contributed by atoms with Crippen molar-refractivity contribution < 1.29 is 4.74 Å². The van der Waals surface area contributed by atoms with Crippen LogP contribution in [0.3, 0.4) is 0 Å². The fourth-order valence-corrected chi connectivity index (χ4v) is 2.85. The van der Waals surface area contributed by atoms with Gasteiger partial charge in [0.25, 0.3) is 5.88 Å². The molecule has 6 heteroatoms. The number of pyridine rings is 1. The lowest BCUT2D eigenvalue weighted by Crippen LogP contribution is -2.19. The molecule has 1 N–H and O–H groups in total. The monoisotopic (exact) mass is 367 g/mol. The summed E-state index contributed by atoms with van der Waals surface area (Å²) < 4.78 is 5.52. The molecule has 144 valence electrons. The second kappa shape index (κ2) is 9.22. The summed E-state index contributed by atoms with van der Waals surface area (Å²) in [7, 11) is 5.53. The van der Waals surface area contributed by atoms with Crippen molar-refractivity contribution in [2.24, 2.45) is 0 Å². The lowest BCUT2D eigenvalue weighted by atomic mass is 10.0. The molecule has 0 aliphatic rings. The Balaban J connectivity index is 2.58. The molecule has 0 saturated heterocycles. The highest BCUT2D eigenvalue weighted by atomic mass is 16.5. The van der Waals surface area contributed by atoms with Crippen LogP contribution in [0, 0.1) is 19.3 Å². The summed E-state index contributed by atoms with van der Waals surface area (Å²) in [6, 6.07) is 2.33. The number of aromatic nitrogens is 3. The van der Waals surface area contributed by atoms with Crippen molar-refractivity contribution >= 4 is 11.6 Å². The largest absolute Gasteiger partial charge is 0.478 e. The van der Waals surface area contributed by atoms with Crippen molar-refractivity contribution in [3.8, 4) is 29.5 Å². The summed E-state index contributed by atoms with van der Waals surface area (Å²) in [5, 5.41) is 3.42. The molecule has 0 radical (unpaired) electrons.